The van der Waals surface area contributed by atoms with Crippen LogP contribution < -0.4 is 4.74 Å². The maximum Gasteiger partial charge on any atom is 0.247 e. The molecule has 0 aliphatic heterocycles. The van der Waals surface area contributed by atoms with E-state index in [4.69, 9.17) is 9.15 Å². The predicted molar refractivity (Wildman–Crippen MR) is 90.0 cm³/mol. The average Bonchev–Trinajstić information content (AvgIpc) is 3.03. The average molecular weight is 377 g/mol. The van der Waals surface area contributed by atoms with Gasteiger partial charge in [0.2, 0.25) is 11.8 Å². The van der Waals surface area contributed by atoms with Crippen molar-refractivity contribution < 1.29 is 9.15 Å². The van der Waals surface area contributed by atoms with E-state index in [1.807, 2.05) is 48.5 Å². The number of aromatic nitrogens is 2. The molecule has 22 heavy (non-hydrogen) atoms. The Balaban J connectivity index is 1.69. The Bertz CT molecular complexity index is 759. The Labute approximate surface area is 141 Å². The molecule has 0 bridgehead atoms. The lowest BCUT2D eigenvalue weighted by atomic mass is 10.2. The monoisotopic (exact) mass is 376 g/mol. The number of benzene rings is 2. The number of nitrogens with zero attached hydrogens (tertiary/aromatic N) is 2. The van der Waals surface area contributed by atoms with E-state index in [9.17, 15) is 0 Å². The standard InChI is InChI=1S/C16H13BrN2O2S/c1-20-13-4-2-3-11(9-13)16-19-18-15(21-16)10-22-14-7-5-12(17)6-8-14/h2-9H,10H2,1H3. The molecule has 6 heteroatoms. The molecule has 0 saturated carbocycles. The van der Waals surface area contributed by atoms with Crippen LogP contribution in [0.1, 0.15) is 5.89 Å². The zero-order valence-corrected chi connectivity index (χ0v) is 14.2. The fraction of sp³-hybridized carbons (Fsp3) is 0.125. The Kier molecular flexibility index (Phi) is 4.80. The first-order chi connectivity index (χ1) is 10.7. The van der Waals surface area contributed by atoms with E-state index in [1.54, 1.807) is 18.9 Å². The highest BCUT2D eigenvalue weighted by Crippen LogP contribution is 2.26. The number of methoxy groups -OCH3 is 1. The molecule has 0 amide bonds. The maximum absolute atomic E-state index is 5.71. The lowest BCUT2D eigenvalue weighted by molar-refractivity contribution is 0.414. The van der Waals surface area contributed by atoms with Crippen LogP contribution in [0.25, 0.3) is 11.5 Å². The van der Waals surface area contributed by atoms with Crippen LogP contribution in [0.5, 0.6) is 5.75 Å². The van der Waals surface area contributed by atoms with Crippen molar-refractivity contribution in [3.8, 4) is 17.2 Å². The number of thioether (sulfide) groups is 1. The molecule has 3 aromatic rings. The molecule has 0 radical (unpaired) electrons. The van der Waals surface area contributed by atoms with Crippen LogP contribution >= 0.6 is 27.7 Å². The maximum atomic E-state index is 5.71. The summed E-state index contributed by atoms with van der Waals surface area (Å²) in [5.74, 6) is 2.51. The fourth-order valence-corrected chi connectivity index (χ4v) is 2.86. The summed E-state index contributed by atoms with van der Waals surface area (Å²) in [4.78, 5) is 1.16. The van der Waals surface area contributed by atoms with Gasteiger partial charge >= 0.3 is 0 Å². The van der Waals surface area contributed by atoms with Gasteiger partial charge in [0.1, 0.15) is 5.75 Å². The molecule has 0 saturated heterocycles. The smallest absolute Gasteiger partial charge is 0.247 e. The minimum absolute atomic E-state index is 0.505. The normalized spacial score (nSPS) is 10.6. The molecule has 0 spiro atoms. The predicted octanol–water partition coefficient (Wildman–Crippen LogP) is 4.80. The first-order valence-electron chi connectivity index (χ1n) is 6.60. The third-order valence-electron chi connectivity index (χ3n) is 2.96. The van der Waals surface area contributed by atoms with Gasteiger partial charge < -0.3 is 9.15 Å². The zero-order chi connectivity index (χ0) is 15.4. The summed E-state index contributed by atoms with van der Waals surface area (Å²) in [6.45, 7) is 0. The van der Waals surface area contributed by atoms with Crippen LogP contribution in [-0.2, 0) is 5.75 Å². The van der Waals surface area contributed by atoms with E-state index in [2.05, 4.69) is 26.1 Å². The second-order valence-corrected chi connectivity index (χ2v) is 6.44. The van der Waals surface area contributed by atoms with Crippen LogP contribution in [0.3, 0.4) is 0 Å². The quantitative estimate of drug-likeness (QED) is 0.598. The van der Waals surface area contributed by atoms with Gasteiger partial charge in [-0.05, 0) is 42.5 Å². The van der Waals surface area contributed by atoms with E-state index < -0.39 is 0 Å². The van der Waals surface area contributed by atoms with Crippen molar-refractivity contribution >= 4 is 27.7 Å². The van der Waals surface area contributed by atoms with Gasteiger partial charge in [0.05, 0.1) is 12.9 Å². The number of hydrogen-bond acceptors (Lipinski definition) is 5. The molecule has 4 nitrogen and oxygen atoms in total. The third-order valence-corrected chi connectivity index (χ3v) is 4.48. The minimum atomic E-state index is 0.505. The number of hydrogen-bond donors (Lipinski definition) is 0. The highest BCUT2D eigenvalue weighted by Gasteiger charge is 2.09. The van der Waals surface area contributed by atoms with Crippen LogP contribution in [-0.4, -0.2) is 17.3 Å². The topological polar surface area (TPSA) is 48.2 Å². The molecule has 2 aromatic carbocycles. The molecule has 0 aliphatic rings. The Morgan fingerprint density at radius 2 is 1.95 bits per heavy atom. The summed E-state index contributed by atoms with van der Waals surface area (Å²) in [6, 6.07) is 15.7. The van der Waals surface area contributed by atoms with Gasteiger partial charge in [0.25, 0.3) is 0 Å². The number of halogens is 1. The molecule has 1 aromatic heterocycles. The Hall–Kier alpha value is -1.79. The van der Waals surface area contributed by atoms with Gasteiger partial charge in [-0.25, -0.2) is 0 Å². The zero-order valence-electron chi connectivity index (χ0n) is 11.8. The lowest BCUT2D eigenvalue weighted by Gasteiger charge is -2.00. The lowest BCUT2D eigenvalue weighted by Crippen LogP contribution is -1.83. The van der Waals surface area contributed by atoms with E-state index >= 15 is 0 Å². The number of rotatable bonds is 5. The summed E-state index contributed by atoms with van der Waals surface area (Å²) >= 11 is 5.08. The van der Waals surface area contributed by atoms with Crippen molar-refractivity contribution in [2.45, 2.75) is 10.6 Å². The molecule has 112 valence electrons. The molecular formula is C16H13BrN2O2S. The summed E-state index contributed by atoms with van der Waals surface area (Å²) in [7, 11) is 1.63. The van der Waals surface area contributed by atoms with Gasteiger partial charge in [0, 0.05) is 14.9 Å². The fourth-order valence-electron chi connectivity index (χ4n) is 1.86. The molecule has 3 rings (SSSR count). The van der Waals surface area contributed by atoms with Gasteiger partial charge in [-0.2, -0.15) is 0 Å². The van der Waals surface area contributed by atoms with Gasteiger partial charge in [0.15, 0.2) is 0 Å². The molecule has 0 fully saturated rings. The SMILES string of the molecule is COc1cccc(-c2nnc(CSc3ccc(Br)cc3)o2)c1. The number of ether oxygens (including phenoxy) is 1. The largest absolute Gasteiger partial charge is 0.497 e. The van der Waals surface area contributed by atoms with Crippen LogP contribution in [0.4, 0.5) is 0 Å². The van der Waals surface area contributed by atoms with Crippen LogP contribution in [0.2, 0.25) is 0 Å². The highest BCUT2D eigenvalue weighted by molar-refractivity contribution is 9.10. The van der Waals surface area contributed by atoms with Crippen LogP contribution in [0, 0.1) is 0 Å². The third kappa shape index (κ3) is 3.69. The summed E-state index contributed by atoms with van der Waals surface area (Å²) in [5, 5.41) is 8.19. The van der Waals surface area contributed by atoms with Crippen molar-refractivity contribution in [1.29, 1.82) is 0 Å². The molecule has 1 heterocycles. The second kappa shape index (κ2) is 6.98. The molecule has 0 atom stereocenters. The van der Waals surface area contributed by atoms with E-state index in [-0.39, 0.29) is 0 Å². The van der Waals surface area contributed by atoms with E-state index in [1.165, 1.54) is 0 Å². The van der Waals surface area contributed by atoms with Gasteiger partial charge in [-0.1, -0.05) is 22.0 Å². The van der Waals surface area contributed by atoms with Crippen molar-refractivity contribution in [3.05, 3.63) is 58.9 Å². The summed E-state index contributed by atoms with van der Waals surface area (Å²) in [6.07, 6.45) is 0. The first-order valence-corrected chi connectivity index (χ1v) is 8.37. The second-order valence-electron chi connectivity index (χ2n) is 4.48. The van der Waals surface area contributed by atoms with Crippen molar-refractivity contribution in [1.82, 2.24) is 10.2 Å². The Morgan fingerprint density at radius 1 is 1.14 bits per heavy atom. The van der Waals surface area contributed by atoms with Gasteiger partial charge in [-0.15, -0.1) is 22.0 Å². The van der Waals surface area contributed by atoms with E-state index in [0.717, 1.165) is 20.7 Å². The molecule has 0 N–H and O–H groups in total. The van der Waals surface area contributed by atoms with E-state index in [0.29, 0.717) is 17.5 Å². The minimum Gasteiger partial charge on any atom is -0.497 e. The van der Waals surface area contributed by atoms with Crippen molar-refractivity contribution in [3.63, 3.8) is 0 Å². The van der Waals surface area contributed by atoms with Crippen molar-refractivity contribution in [2.75, 3.05) is 7.11 Å². The molecule has 0 aliphatic carbocycles. The molecular weight excluding hydrogens is 364 g/mol. The molecule has 0 unspecified atom stereocenters. The summed E-state index contributed by atoms with van der Waals surface area (Å²) < 4.78 is 12.0. The Morgan fingerprint density at radius 3 is 2.73 bits per heavy atom. The highest BCUT2D eigenvalue weighted by atomic mass is 79.9. The van der Waals surface area contributed by atoms with Crippen LogP contribution in [0.15, 0.2) is 62.3 Å². The first kappa shape index (κ1) is 15.1. The van der Waals surface area contributed by atoms with Gasteiger partial charge in [-0.3, -0.25) is 0 Å². The van der Waals surface area contributed by atoms with Crippen molar-refractivity contribution in [2.24, 2.45) is 0 Å². The summed E-state index contributed by atoms with van der Waals surface area (Å²) in [5.41, 5.74) is 0.853.